The predicted molar refractivity (Wildman–Crippen MR) is 67.2 cm³/mol. The molecule has 0 bridgehead atoms. The van der Waals surface area contributed by atoms with E-state index < -0.39 is 11.6 Å². The number of hydrogen-bond acceptors (Lipinski definition) is 3. The van der Waals surface area contributed by atoms with Gasteiger partial charge in [0.15, 0.2) is 11.6 Å². The maximum absolute atomic E-state index is 13.2. The lowest BCUT2D eigenvalue weighted by Crippen LogP contribution is -2.50. The van der Waals surface area contributed by atoms with Crippen LogP contribution in [0.5, 0.6) is 0 Å². The van der Waals surface area contributed by atoms with Crippen LogP contribution in [-0.2, 0) is 0 Å². The monoisotopic (exact) mass is 255 g/mol. The summed E-state index contributed by atoms with van der Waals surface area (Å²) in [5, 5.41) is 3.27. The molecule has 1 aliphatic heterocycles. The molecule has 1 aromatic rings. The standard InChI is InChI=1S/C13H19F2N3/c1-9(18-6-4-17-5-7-18)13(16)10-2-3-11(14)12(15)8-10/h2-3,8-9,13,17H,4-7,16H2,1H3. The summed E-state index contributed by atoms with van der Waals surface area (Å²) < 4.78 is 26.1. The van der Waals surface area contributed by atoms with Gasteiger partial charge in [-0.15, -0.1) is 0 Å². The Balaban J connectivity index is 2.09. The lowest BCUT2D eigenvalue weighted by molar-refractivity contribution is 0.163. The van der Waals surface area contributed by atoms with Crippen LogP contribution in [0.3, 0.4) is 0 Å². The second-order valence-electron chi connectivity index (χ2n) is 4.73. The summed E-state index contributed by atoms with van der Waals surface area (Å²) >= 11 is 0. The molecule has 18 heavy (non-hydrogen) atoms. The molecule has 0 radical (unpaired) electrons. The number of rotatable bonds is 3. The Bertz CT molecular complexity index is 405. The molecule has 1 fully saturated rings. The molecular formula is C13H19F2N3. The fourth-order valence-electron chi connectivity index (χ4n) is 2.31. The van der Waals surface area contributed by atoms with Gasteiger partial charge in [0, 0.05) is 38.3 Å². The highest BCUT2D eigenvalue weighted by atomic mass is 19.2. The summed E-state index contributed by atoms with van der Waals surface area (Å²) in [6.07, 6.45) is 0. The van der Waals surface area contributed by atoms with Gasteiger partial charge in [0.1, 0.15) is 0 Å². The molecule has 100 valence electrons. The van der Waals surface area contributed by atoms with Crippen molar-refractivity contribution in [3.63, 3.8) is 0 Å². The maximum atomic E-state index is 13.2. The van der Waals surface area contributed by atoms with Gasteiger partial charge in [-0.25, -0.2) is 8.78 Å². The van der Waals surface area contributed by atoms with Crippen molar-refractivity contribution >= 4 is 0 Å². The van der Waals surface area contributed by atoms with Gasteiger partial charge in [-0.1, -0.05) is 6.07 Å². The molecule has 5 heteroatoms. The average Bonchev–Trinajstić information content (AvgIpc) is 2.41. The maximum Gasteiger partial charge on any atom is 0.159 e. The van der Waals surface area contributed by atoms with Gasteiger partial charge in [-0.2, -0.15) is 0 Å². The van der Waals surface area contributed by atoms with E-state index in [1.165, 1.54) is 6.07 Å². The van der Waals surface area contributed by atoms with E-state index in [0.717, 1.165) is 32.2 Å². The van der Waals surface area contributed by atoms with Crippen LogP contribution in [0.4, 0.5) is 8.78 Å². The van der Waals surface area contributed by atoms with Crippen molar-refractivity contribution in [3.8, 4) is 0 Å². The van der Waals surface area contributed by atoms with Crippen LogP contribution in [0, 0.1) is 11.6 Å². The Kier molecular flexibility index (Phi) is 4.27. The Labute approximate surface area is 106 Å². The molecule has 0 spiro atoms. The van der Waals surface area contributed by atoms with Crippen molar-refractivity contribution < 1.29 is 8.78 Å². The predicted octanol–water partition coefficient (Wildman–Crippen LogP) is 1.26. The second-order valence-corrected chi connectivity index (χ2v) is 4.73. The van der Waals surface area contributed by atoms with Crippen LogP contribution in [0.1, 0.15) is 18.5 Å². The number of piperazine rings is 1. The largest absolute Gasteiger partial charge is 0.323 e. The molecule has 3 nitrogen and oxygen atoms in total. The van der Waals surface area contributed by atoms with E-state index >= 15 is 0 Å². The van der Waals surface area contributed by atoms with Crippen LogP contribution < -0.4 is 11.1 Å². The molecule has 0 saturated carbocycles. The van der Waals surface area contributed by atoms with E-state index in [1.807, 2.05) is 6.92 Å². The van der Waals surface area contributed by atoms with E-state index in [9.17, 15) is 8.78 Å². The molecule has 0 aromatic heterocycles. The summed E-state index contributed by atoms with van der Waals surface area (Å²) in [6.45, 7) is 5.76. The minimum Gasteiger partial charge on any atom is -0.323 e. The van der Waals surface area contributed by atoms with E-state index in [-0.39, 0.29) is 12.1 Å². The van der Waals surface area contributed by atoms with Crippen LogP contribution in [0.15, 0.2) is 18.2 Å². The lowest BCUT2D eigenvalue weighted by Gasteiger charge is -2.36. The van der Waals surface area contributed by atoms with Crippen LogP contribution in [-0.4, -0.2) is 37.1 Å². The first-order valence-corrected chi connectivity index (χ1v) is 6.25. The normalized spacial score (nSPS) is 20.7. The number of nitrogens with one attached hydrogen (secondary N) is 1. The third-order valence-electron chi connectivity index (χ3n) is 3.58. The van der Waals surface area contributed by atoms with Gasteiger partial charge in [-0.05, 0) is 24.6 Å². The third kappa shape index (κ3) is 2.85. The Morgan fingerprint density at radius 3 is 2.50 bits per heavy atom. The lowest BCUT2D eigenvalue weighted by atomic mass is 9.99. The number of benzene rings is 1. The number of hydrogen-bond donors (Lipinski definition) is 2. The molecular weight excluding hydrogens is 236 g/mol. The van der Waals surface area contributed by atoms with Gasteiger partial charge in [0.05, 0.1) is 0 Å². The Hall–Kier alpha value is -1.04. The highest BCUT2D eigenvalue weighted by molar-refractivity contribution is 5.22. The summed E-state index contributed by atoms with van der Waals surface area (Å²) in [4.78, 5) is 2.27. The first kappa shape index (κ1) is 13.4. The first-order chi connectivity index (χ1) is 8.59. The van der Waals surface area contributed by atoms with Gasteiger partial charge in [-0.3, -0.25) is 4.90 Å². The Morgan fingerprint density at radius 1 is 1.22 bits per heavy atom. The smallest absolute Gasteiger partial charge is 0.159 e. The van der Waals surface area contributed by atoms with Gasteiger partial charge >= 0.3 is 0 Å². The summed E-state index contributed by atoms with van der Waals surface area (Å²) in [6, 6.07) is 3.69. The van der Waals surface area contributed by atoms with Crippen molar-refractivity contribution in [2.45, 2.75) is 19.0 Å². The molecule has 2 atom stereocenters. The van der Waals surface area contributed by atoms with Gasteiger partial charge < -0.3 is 11.1 Å². The first-order valence-electron chi connectivity index (χ1n) is 6.25. The zero-order valence-electron chi connectivity index (χ0n) is 10.5. The number of halogens is 2. The molecule has 0 amide bonds. The SMILES string of the molecule is CC(C(N)c1ccc(F)c(F)c1)N1CCNCC1. The minimum atomic E-state index is -0.838. The van der Waals surface area contributed by atoms with Crippen LogP contribution in [0.25, 0.3) is 0 Å². The summed E-state index contributed by atoms with van der Waals surface area (Å²) in [7, 11) is 0. The highest BCUT2D eigenvalue weighted by Crippen LogP contribution is 2.20. The van der Waals surface area contributed by atoms with E-state index in [1.54, 1.807) is 6.07 Å². The zero-order valence-corrected chi connectivity index (χ0v) is 10.5. The summed E-state index contributed by atoms with van der Waals surface area (Å²) in [5.41, 5.74) is 6.78. The fraction of sp³-hybridized carbons (Fsp3) is 0.538. The molecule has 1 saturated heterocycles. The highest BCUT2D eigenvalue weighted by Gasteiger charge is 2.23. The van der Waals surface area contributed by atoms with Crippen molar-refractivity contribution in [2.75, 3.05) is 26.2 Å². The quantitative estimate of drug-likeness (QED) is 0.854. The zero-order chi connectivity index (χ0) is 13.1. The minimum absolute atomic E-state index is 0.108. The van der Waals surface area contributed by atoms with Gasteiger partial charge in [0.2, 0.25) is 0 Å². The third-order valence-corrected chi connectivity index (χ3v) is 3.58. The molecule has 3 N–H and O–H groups in total. The topological polar surface area (TPSA) is 41.3 Å². The number of nitrogens with zero attached hydrogens (tertiary/aromatic N) is 1. The average molecular weight is 255 g/mol. The molecule has 1 aromatic carbocycles. The molecule has 2 rings (SSSR count). The van der Waals surface area contributed by atoms with E-state index in [2.05, 4.69) is 10.2 Å². The Morgan fingerprint density at radius 2 is 1.89 bits per heavy atom. The summed E-state index contributed by atoms with van der Waals surface area (Å²) in [5.74, 6) is -1.67. The molecule has 1 aliphatic rings. The van der Waals surface area contributed by atoms with Crippen LogP contribution in [0.2, 0.25) is 0 Å². The number of nitrogens with two attached hydrogens (primary N) is 1. The van der Waals surface area contributed by atoms with Crippen molar-refractivity contribution in [2.24, 2.45) is 5.73 Å². The molecule has 2 unspecified atom stereocenters. The van der Waals surface area contributed by atoms with Crippen molar-refractivity contribution in [3.05, 3.63) is 35.4 Å². The second kappa shape index (κ2) is 5.73. The molecule has 0 aliphatic carbocycles. The van der Waals surface area contributed by atoms with Crippen molar-refractivity contribution in [1.82, 2.24) is 10.2 Å². The molecule has 1 heterocycles. The van der Waals surface area contributed by atoms with Crippen molar-refractivity contribution in [1.29, 1.82) is 0 Å². The fourth-order valence-corrected chi connectivity index (χ4v) is 2.31. The van der Waals surface area contributed by atoms with E-state index in [4.69, 9.17) is 5.73 Å². The van der Waals surface area contributed by atoms with Crippen LogP contribution >= 0.6 is 0 Å². The van der Waals surface area contributed by atoms with Gasteiger partial charge in [0.25, 0.3) is 0 Å². The van der Waals surface area contributed by atoms with E-state index in [0.29, 0.717) is 5.56 Å².